The molecule has 0 aromatic carbocycles. The smallest absolute Gasteiger partial charge is 0.356 e. The SMILES string of the molecule is Cc1c(C(=O)O)nc2cnc(-c3ccc(=O)n(C)c3)cn12. The quantitative estimate of drug-likeness (QED) is 0.761. The van der Waals surface area contributed by atoms with Gasteiger partial charge in [0.1, 0.15) is 0 Å². The molecule has 3 aromatic heterocycles. The first-order chi connectivity index (χ1) is 9.97. The van der Waals surface area contributed by atoms with Gasteiger partial charge in [0, 0.05) is 31.1 Å². The van der Waals surface area contributed by atoms with Gasteiger partial charge in [0.2, 0.25) is 5.56 Å². The van der Waals surface area contributed by atoms with Gasteiger partial charge >= 0.3 is 5.97 Å². The van der Waals surface area contributed by atoms with Crippen LogP contribution in [-0.4, -0.2) is 30.0 Å². The van der Waals surface area contributed by atoms with Crippen molar-refractivity contribution in [3.63, 3.8) is 0 Å². The molecule has 0 radical (unpaired) electrons. The second-order valence-electron chi connectivity index (χ2n) is 4.72. The number of rotatable bonds is 2. The van der Waals surface area contributed by atoms with E-state index < -0.39 is 5.97 Å². The molecule has 0 bridgehead atoms. The lowest BCUT2D eigenvalue weighted by atomic mass is 10.2. The van der Waals surface area contributed by atoms with Crippen molar-refractivity contribution >= 4 is 11.6 Å². The molecule has 21 heavy (non-hydrogen) atoms. The number of hydrogen-bond acceptors (Lipinski definition) is 4. The molecule has 3 heterocycles. The lowest BCUT2D eigenvalue weighted by molar-refractivity contribution is 0.0690. The number of pyridine rings is 1. The normalized spacial score (nSPS) is 11.0. The minimum atomic E-state index is -1.07. The monoisotopic (exact) mass is 284 g/mol. The minimum absolute atomic E-state index is 0.00871. The Balaban J connectivity index is 2.20. The van der Waals surface area contributed by atoms with E-state index in [4.69, 9.17) is 5.11 Å². The van der Waals surface area contributed by atoms with Crippen molar-refractivity contribution in [1.29, 1.82) is 0 Å². The van der Waals surface area contributed by atoms with E-state index in [1.54, 1.807) is 36.8 Å². The average molecular weight is 284 g/mol. The summed E-state index contributed by atoms with van der Waals surface area (Å²) in [6.07, 6.45) is 4.91. The van der Waals surface area contributed by atoms with Crippen LogP contribution >= 0.6 is 0 Å². The number of fused-ring (bicyclic) bond motifs is 1. The number of aryl methyl sites for hydroxylation is 2. The summed E-state index contributed by atoms with van der Waals surface area (Å²) in [5, 5.41) is 9.09. The van der Waals surface area contributed by atoms with Gasteiger partial charge in [-0.15, -0.1) is 0 Å². The molecule has 0 aliphatic rings. The first-order valence-corrected chi connectivity index (χ1v) is 6.22. The molecule has 0 amide bonds. The van der Waals surface area contributed by atoms with E-state index in [0.29, 0.717) is 17.0 Å². The molecule has 7 nitrogen and oxygen atoms in total. The maximum Gasteiger partial charge on any atom is 0.356 e. The van der Waals surface area contributed by atoms with Gasteiger partial charge < -0.3 is 9.67 Å². The van der Waals surface area contributed by atoms with Crippen molar-refractivity contribution in [2.24, 2.45) is 7.05 Å². The van der Waals surface area contributed by atoms with Gasteiger partial charge in [-0.1, -0.05) is 0 Å². The molecule has 3 aromatic rings. The molecular formula is C14H12N4O3. The van der Waals surface area contributed by atoms with Crippen LogP contribution in [0.2, 0.25) is 0 Å². The predicted octanol–water partition coefficient (Wildman–Crippen LogP) is 1.10. The zero-order chi connectivity index (χ0) is 15.1. The van der Waals surface area contributed by atoms with Crippen molar-refractivity contribution < 1.29 is 9.90 Å². The molecule has 0 aliphatic heterocycles. The van der Waals surface area contributed by atoms with Crippen molar-refractivity contribution in [2.75, 3.05) is 0 Å². The van der Waals surface area contributed by atoms with Gasteiger partial charge in [0.25, 0.3) is 0 Å². The first kappa shape index (κ1) is 13.0. The number of carbonyl (C=O) groups is 1. The Morgan fingerprint density at radius 2 is 2.05 bits per heavy atom. The van der Waals surface area contributed by atoms with Crippen LogP contribution in [0.3, 0.4) is 0 Å². The van der Waals surface area contributed by atoms with Crippen LogP contribution < -0.4 is 5.56 Å². The van der Waals surface area contributed by atoms with Gasteiger partial charge in [-0.3, -0.25) is 14.2 Å². The molecule has 1 N–H and O–H groups in total. The molecular weight excluding hydrogens is 272 g/mol. The van der Waals surface area contributed by atoms with Crippen LogP contribution in [0.4, 0.5) is 0 Å². The van der Waals surface area contributed by atoms with Gasteiger partial charge in [-0.05, 0) is 13.0 Å². The number of aromatic nitrogens is 4. The molecule has 0 saturated heterocycles. The Labute approximate surface area is 119 Å². The van der Waals surface area contributed by atoms with Gasteiger partial charge in [0.15, 0.2) is 11.3 Å². The summed E-state index contributed by atoms with van der Waals surface area (Å²) >= 11 is 0. The molecule has 106 valence electrons. The Hall–Kier alpha value is -2.96. The summed E-state index contributed by atoms with van der Waals surface area (Å²) in [5.41, 5.74) is 2.31. The van der Waals surface area contributed by atoms with E-state index in [-0.39, 0.29) is 11.3 Å². The molecule has 0 spiro atoms. The number of carboxylic acid groups (broad SMARTS) is 1. The van der Waals surface area contributed by atoms with E-state index in [1.807, 2.05) is 0 Å². The lowest BCUT2D eigenvalue weighted by Gasteiger charge is -2.04. The summed E-state index contributed by atoms with van der Waals surface area (Å²) in [5.74, 6) is -1.07. The van der Waals surface area contributed by atoms with Crippen LogP contribution in [0.25, 0.3) is 16.9 Å². The molecule has 0 fully saturated rings. The van der Waals surface area contributed by atoms with E-state index in [2.05, 4.69) is 9.97 Å². The number of carboxylic acids is 1. The highest BCUT2D eigenvalue weighted by atomic mass is 16.4. The predicted molar refractivity (Wildman–Crippen MR) is 75.4 cm³/mol. The van der Waals surface area contributed by atoms with Crippen LogP contribution in [-0.2, 0) is 7.05 Å². The molecule has 0 aliphatic carbocycles. The number of imidazole rings is 1. The van der Waals surface area contributed by atoms with E-state index in [0.717, 1.165) is 5.56 Å². The van der Waals surface area contributed by atoms with E-state index >= 15 is 0 Å². The van der Waals surface area contributed by atoms with Gasteiger partial charge in [0.05, 0.1) is 17.6 Å². The number of aromatic carboxylic acids is 1. The van der Waals surface area contributed by atoms with Crippen LogP contribution in [0.5, 0.6) is 0 Å². The Morgan fingerprint density at radius 1 is 1.29 bits per heavy atom. The average Bonchev–Trinajstić information content (AvgIpc) is 2.79. The molecule has 0 atom stereocenters. The van der Waals surface area contributed by atoms with Gasteiger partial charge in [-0.25, -0.2) is 9.78 Å². The summed E-state index contributed by atoms with van der Waals surface area (Å²) in [7, 11) is 1.66. The van der Waals surface area contributed by atoms with Crippen LogP contribution in [0.1, 0.15) is 16.2 Å². The minimum Gasteiger partial charge on any atom is -0.476 e. The van der Waals surface area contributed by atoms with Crippen molar-refractivity contribution in [3.05, 3.63) is 52.5 Å². The molecule has 3 rings (SSSR count). The summed E-state index contributed by atoms with van der Waals surface area (Å²) < 4.78 is 3.14. The standard InChI is InChI=1S/C14H12N4O3/c1-8-13(14(20)21)16-11-5-15-10(7-18(8)11)9-3-4-12(19)17(2)6-9/h3-7H,1-2H3,(H,20,21). The van der Waals surface area contributed by atoms with Crippen molar-refractivity contribution in [1.82, 2.24) is 18.9 Å². The second-order valence-corrected chi connectivity index (χ2v) is 4.72. The van der Waals surface area contributed by atoms with Crippen LogP contribution in [0.15, 0.2) is 35.5 Å². The fourth-order valence-corrected chi connectivity index (χ4v) is 2.17. The summed E-state index contributed by atoms with van der Waals surface area (Å²) in [6, 6.07) is 3.14. The van der Waals surface area contributed by atoms with Crippen LogP contribution in [0, 0.1) is 6.92 Å². The molecule has 0 unspecified atom stereocenters. The zero-order valence-corrected chi connectivity index (χ0v) is 11.4. The Kier molecular flexibility index (Phi) is 2.83. The highest BCUT2D eigenvalue weighted by molar-refractivity contribution is 5.87. The number of hydrogen-bond donors (Lipinski definition) is 1. The lowest BCUT2D eigenvalue weighted by Crippen LogP contribution is -2.14. The van der Waals surface area contributed by atoms with E-state index in [1.165, 1.54) is 16.8 Å². The van der Waals surface area contributed by atoms with E-state index in [9.17, 15) is 9.59 Å². The fourth-order valence-electron chi connectivity index (χ4n) is 2.17. The second kappa shape index (κ2) is 4.55. The summed E-state index contributed by atoms with van der Waals surface area (Å²) in [6.45, 7) is 1.69. The maximum atomic E-state index is 11.4. The highest BCUT2D eigenvalue weighted by Crippen LogP contribution is 2.18. The first-order valence-electron chi connectivity index (χ1n) is 6.22. The summed E-state index contributed by atoms with van der Waals surface area (Å²) in [4.78, 5) is 30.8. The molecule has 7 heteroatoms. The number of nitrogens with zero attached hydrogens (tertiary/aromatic N) is 4. The zero-order valence-electron chi connectivity index (χ0n) is 11.4. The molecule has 0 saturated carbocycles. The Morgan fingerprint density at radius 3 is 2.71 bits per heavy atom. The highest BCUT2D eigenvalue weighted by Gasteiger charge is 2.15. The largest absolute Gasteiger partial charge is 0.476 e. The third-order valence-corrected chi connectivity index (χ3v) is 3.33. The van der Waals surface area contributed by atoms with Crippen molar-refractivity contribution in [3.8, 4) is 11.3 Å². The topological polar surface area (TPSA) is 89.5 Å². The third kappa shape index (κ3) is 2.08. The maximum absolute atomic E-state index is 11.4. The van der Waals surface area contributed by atoms with Crippen molar-refractivity contribution in [2.45, 2.75) is 6.92 Å². The van der Waals surface area contributed by atoms with Gasteiger partial charge in [-0.2, -0.15) is 0 Å². The third-order valence-electron chi connectivity index (χ3n) is 3.33. The Bertz CT molecular complexity index is 924. The fraction of sp³-hybridized carbons (Fsp3) is 0.143.